The summed E-state index contributed by atoms with van der Waals surface area (Å²) in [4.78, 5) is 35.0. The number of aryl methyl sites for hydroxylation is 1. The van der Waals surface area contributed by atoms with E-state index in [-0.39, 0.29) is 5.69 Å². The van der Waals surface area contributed by atoms with Gasteiger partial charge in [-0.3, -0.25) is 14.9 Å². The molecule has 1 aromatic heterocycles. The molecule has 3 rings (SSSR count). The Morgan fingerprint density at radius 1 is 1.25 bits per heavy atom. The van der Waals surface area contributed by atoms with Crippen LogP contribution >= 0.6 is 11.3 Å². The van der Waals surface area contributed by atoms with Crippen molar-refractivity contribution in [3.63, 3.8) is 0 Å². The first-order chi connectivity index (χ1) is 13.3. The number of carbonyl (C=O) groups is 2. The van der Waals surface area contributed by atoms with Crippen LogP contribution in [-0.4, -0.2) is 22.9 Å². The predicted molar refractivity (Wildman–Crippen MR) is 103 cm³/mol. The third-order valence-electron chi connectivity index (χ3n) is 4.09. The van der Waals surface area contributed by atoms with E-state index < -0.39 is 34.4 Å². The molecular weight excluding hydrogens is 387 g/mol. The van der Waals surface area contributed by atoms with E-state index in [9.17, 15) is 24.1 Å². The number of thiophene rings is 1. The van der Waals surface area contributed by atoms with Crippen LogP contribution in [0.1, 0.15) is 22.2 Å². The molecule has 0 bridgehead atoms. The summed E-state index contributed by atoms with van der Waals surface area (Å²) in [5.74, 6) is -2.33. The Morgan fingerprint density at radius 2 is 1.96 bits per heavy atom. The Morgan fingerprint density at radius 3 is 2.64 bits per heavy atom. The minimum atomic E-state index is -1.15. The first-order valence-electron chi connectivity index (χ1n) is 8.22. The lowest BCUT2D eigenvalue weighted by molar-refractivity contribution is -0.387. The molecule has 0 spiro atoms. The molecule has 7 nitrogen and oxygen atoms in total. The average molecular weight is 402 g/mol. The highest BCUT2D eigenvalue weighted by atomic mass is 32.1. The molecule has 144 valence electrons. The molecule has 0 saturated carbocycles. The zero-order valence-electron chi connectivity index (χ0n) is 14.9. The van der Waals surface area contributed by atoms with Crippen LogP contribution in [-0.2, 0) is 9.53 Å². The summed E-state index contributed by atoms with van der Waals surface area (Å²) in [6.07, 6.45) is -1.15. The van der Waals surface area contributed by atoms with E-state index in [1.165, 1.54) is 24.3 Å². The topological polar surface area (TPSA) is 98.5 Å². The lowest BCUT2D eigenvalue weighted by Crippen LogP contribution is -2.30. The molecule has 28 heavy (non-hydrogen) atoms. The van der Waals surface area contributed by atoms with E-state index in [2.05, 4.69) is 5.32 Å². The van der Waals surface area contributed by atoms with Gasteiger partial charge in [0.05, 0.1) is 4.92 Å². The minimum Gasteiger partial charge on any atom is -0.448 e. The number of esters is 1. The van der Waals surface area contributed by atoms with Crippen LogP contribution in [0.15, 0.2) is 42.5 Å². The fourth-order valence-corrected chi connectivity index (χ4v) is 3.70. The number of anilines is 1. The summed E-state index contributed by atoms with van der Waals surface area (Å²) >= 11 is 1.27. The number of hydrogen-bond acceptors (Lipinski definition) is 6. The third kappa shape index (κ3) is 3.84. The predicted octanol–water partition coefficient (Wildman–Crippen LogP) is 4.44. The monoisotopic (exact) mass is 402 g/mol. The first kappa shape index (κ1) is 19.4. The van der Waals surface area contributed by atoms with Crippen molar-refractivity contribution < 1.29 is 23.6 Å². The normalized spacial score (nSPS) is 11.8. The fourth-order valence-electron chi connectivity index (χ4n) is 2.61. The molecular formula is C19H15FN2O5S. The number of rotatable bonds is 5. The number of nitro groups is 1. The average Bonchev–Trinajstić information content (AvgIpc) is 3.00. The van der Waals surface area contributed by atoms with Gasteiger partial charge in [0.1, 0.15) is 4.88 Å². The molecule has 0 saturated heterocycles. The molecule has 0 unspecified atom stereocenters. The molecule has 1 atom stereocenters. The zero-order chi connectivity index (χ0) is 20.4. The van der Waals surface area contributed by atoms with E-state index in [4.69, 9.17) is 4.74 Å². The van der Waals surface area contributed by atoms with Crippen LogP contribution in [0, 0.1) is 22.9 Å². The smallest absolute Gasteiger partial charge is 0.349 e. The summed E-state index contributed by atoms with van der Waals surface area (Å²) in [5, 5.41) is 14.1. The van der Waals surface area contributed by atoms with Crippen LogP contribution < -0.4 is 5.32 Å². The second-order valence-electron chi connectivity index (χ2n) is 6.01. The second kappa shape index (κ2) is 7.73. The highest BCUT2D eigenvalue weighted by molar-refractivity contribution is 7.21. The minimum absolute atomic E-state index is 0.0269. The van der Waals surface area contributed by atoms with E-state index in [0.29, 0.717) is 4.88 Å². The summed E-state index contributed by atoms with van der Waals surface area (Å²) in [6.45, 7) is 3.19. The van der Waals surface area contributed by atoms with Crippen LogP contribution in [0.2, 0.25) is 0 Å². The van der Waals surface area contributed by atoms with Crippen LogP contribution in [0.25, 0.3) is 10.1 Å². The van der Waals surface area contributed by atoms with Gasteiger partial charge < -0.3 is 10.1 Å². The van der Waals surface area contributed by atoms with E-state index in [1.54, 1.807) is 6.92 Å². The van der Waals surface area contributed by atoms with Gasteiger partial charge in [-0.25, -0.2) is 4.79 Å². The van der Waals surface area contributed by atoms with Crippen molar-refractivity contribution in [2.75, 3.05) is 5.32 Å². The van der Waals surface area contributed by atoms with Crippen molar-refractivity contribution in [1.82, 2.24) is 0 Å². The number of hydrogen-bond donors (Lipinski definition) is 1. The summed E-state index contributed by atoms with van der Waals surface area (Å²) in [7, 11) is 0. The van der Waals surface area contributed by atoms with Crippen molar-refractivity contribution in [1.29, 1.82) is 0 Å². The number of ether oxygens (including phenoxy) is 1. The second-order valence-corrected chi connectivity index (χ2v) is 7.06. The first-order valence-corrected chi connectivity index (χ1v) is 9.03. The van der Waals surface area contributed by atoms with E-state index >= 15 is 0 Å². The van der Waals surface area contributed by atoms with Gasteiger partial charge >= 0.3 is 11.7 Å². The maximum Gasteiger partial charge on any atom is 0.349 e. The van der Waals surface area contributed by atoms with Crippen molar-refractivity contribution in [2.45, 2.75) is 20.0 Å². The molecule has 0 aliphatic carbocycles. The van der Waals surface area contributed by atoms with Crippen LogP contribution in [0.5, 0.6) is 0 Å². The fraction of sp³-hybridized carbons (Fsp3) is 0.158. The molecule has 0 fully saturated rings. The van der Waals surface area contributed by atoms with E-state index in [1.807, 2.05) is 24.3 Å². The largest absolute Gasteiger partial charge is 0.448 e. The van der Waals surface area contributed by atoms with Crippen molar-refractivity contribution >= 4 is 44.7 Å². The standard InChI is InChI=1S/C19H15FN2O5S/c1-10-13-5-3-4-6-16(13)28-17(10)19(24)27-11(2)18(23)21-12-7-8-14(20)15(9-12)22(25)26/h3-9,11H,1-2H3,(H,21,23)/t11-/m0/s1. The maximum atomic E-state index is 13.4. The van der Waals surface area contributed by atoms with Gasteiger partial charge in [0.15, 0.2) is 6.10 Å². The van der Waals surface area contributed by atoms with Crippen molar-refractivity contribution in [2.24, 2.45) is 0 Å². The number of benzene rings is 2. The Balaban J connectivity index is 1.71. The summed E-state index contributed by atoms with van der Waals surface area (Å²) in [5.41, 5.74) is 0.0368. The maximum absolute atomic E-state index is 13.4. The van der Waals surface area contributed by atoms with Gasteiger partial charge in [-0.1, -0.05) is 18.2 Å². The Hall–Kier alpha value is -3.33. The number of carbonyl (C=O) groups excluding carboxylic acids is 2. The molecule has 0 radical (unpaired) electrons. The van der Waals surface area contributed by atoms with Crippen molar-refractivity contribution in [3.8, 4) is 0 Å². The number of nitrogens with zero attached hydrogens (tertiary/aromatic N) is 1. The molecule has 2 aromatic carbocycles. The highest BCUT2D eigenvalue weighted by Gasteiger charge is 2.23. The van der Waals surface area contributed by atoms with Crippen LogP contribution in [0.4, 0.5) is 15.8 Å². The lowest BCUT2D eigenvalue weighted by Gasteiger charge is -2.13. The Kier molecular flexibility index (Phi) is 5.36. The number of fused-ring (bicyclic) bond motifs is 1. The van der Waals surface area contributed by atoms with Crippen molar-refractivity contribution in [3.05, 3.63) is 68.8 Å². The number of nitro benzene ring substituents is 1. The van der Waals surface area contributed by atoms with Gasteiger partial charge in [-0.2, -0.15) is 4.39 Å². The molecule has 0 aliphatic rings. The van der Waals surface area contributed by atoms with Gasteiger partial charge in [0.2, 0.25) is 5.82 Å². The number of amides is 1. The van der Waals surface area contributed by atoms with E-state index in [0.717, 1.165) is 27.8 Å². The van der Waals surface area contributed by atoms with Gasteiger partial charge in [-0.15, -0.1) is 11.3 Å². The van der Waals surface area contributed by atoms with Gasteiger partial charge in [0, 0.05) is 16.5 Å². The lowest BCUT2D eigenvalue weighted by atomic mass is 10.1. The summed E-state index contributed by atoms with van der Waals surface area (Å²) < 4.78 is 19.5. The van der Waals surface area contributed by atoms with Gasteiger partial charge in [0.25, 0.3) is 5.91 Å². The molecule has 9 heteroatoms. The summed E-state index contributed by atoms with van der Waals surface area (Å²) in [6, 6.07) is 10.5. The quantitative estimate of drug-likeness (QED) is 0.386. The Bertz CT molecular complexity index is 1100. The van der Waals surface area contributed by atoms with Gasteiger partial charge in [-0.05, 0) is 43.0 Å². The third-order valence-corrected chi connectivity index (χ3v) is 5.35. The number of nitrogens with one attached hydrogen (secondary N) is 1. The molecule has 0 aliphatic heterocycles. The molecule has 1 heterocycles. The molecule has 1 amide bonds. The molecule has 1 N–H and O–H groups in total. The SMILES string of the molecule is Cc1c(C(=O)O[C@@H](C)C(=O)Nc2ccc(F)c([N+](=O)[O-])c2)sc2ccccc12. The van der Waals surface area contributed by atoms with Crippen LogP contribution in [0.3, 0.4) is 0 Å². The molecule has 3 aromatic rings. The highest BCUT2D eigenvalue weighted by Crippen LogP contribution is 2.31. The number of halogens is 1. The zero-order valence-corrected chi connectivity index (χ0v) is 15.7. The Labute approximate surface area is 162 Å².